The molecule has 1 aliphatic heterocycles. The van der Waals surface area contributed by atoms with Crippen LogP contribution < -0.4 is 10.6 Å². The van der Waals surface area contributed by atoms with E-state index in [-0.39, 0.29) is 42.5 Å². The number of hydrogen-bond donors (Lipinski definition) is 1. The van der Waals surface area contributed by atoms with Crippen LogP contribution in [0.15, 0.2) is 24.3 Å². The predicted octanol–water partition coefficient (Wildman–Crippen LogP) is 1.91. The van der Waals surface area contributed by atoms with Crippen LogP contribution in [0.3, 0.4) is 0 Å². The highest BCUT2D eigenvalue weighted by atomic mass is 35.5. The van der Waals surface area contributed by atoms with Gasteiger partial charge in [0, 0.05) is 44.3 Å². The number of hydrogen-bond acceptors (Lipinski definition) is 3. The van der Waals surface area contributed by atoms with Gasteiger partial charge in [-0.1, -0.05) is 6.92 Å². The van der Waals surface area contributed by atoms with E-state index in [1.54, 1.807) is 12.1 Å². The van der Waals surface area contributed by atoms with Gasteiger partial charge in [0.15, 0.2) is 0 Å². The molecule has 1 amide bonds. The zero-order chi connectivity index (χ0) is 13.8. The van der Waals surface area contributed by atoms with Gasteiger partial charge in [-0.15, -0.1) is 24.8 Å². The molecular weight excluding hydrogens is 316 g/mol. The molecule has 2 rings (SSSR count). The van der Waals surface area contributed by atoms with Gasteiger partial charge in [-0.2, -0.15) is 0 Å². The SMILES string of the molecule is CC(CN)C(=O)N1CCN(c2ccc(F)cc2)CC1.Cl.Cl. The number of piperazine rings is 1. The summed E-state index contributed by atoms with van der Waals surface area (Å²) in [7, 11) is 0. The first-order valence-corrected chi connectivity index (χ1v) is 6.61. The van der Waals surface area contributed by atoms with Crippen LogP contribution in [0.4, 0.5) is 10.1 Å². The Balaban J connectivity index is 0.00000200. The molecule has 1 saturated heterocycles. The molecule has 0 bridgehead atoms. The Kier molecular flexibility index (Phi) is 8.63. The van der Waals surface area contributed by atoms with E-state index in [1.807, 2.05) is 11.8 Å². The summed E-state index contributed by atoms with van der Waals surface area (Å²) in [6.45, 7) is 5.18. The fraction of sp³-hybridized carbons (Fsp3) is 0.500. The van der Waals surface area contributed by atoms with Gasteiger partial charge in [-0.25, -0.2) is 4.39 Å². The minimum absolute atomic E-state index is 0. The maximum Gasteiger partial charge on any atom is 0.226 e. The standard InChI is InChI=1S/C14H20FN3O.2ClH/c1-11(10-16)14(19)18-8-6-17(7-9-18)13-4-2-12(15)3-5-13;;/h2-5,11H,6-10,16H2,1H3;2*1H. The van der Waals surface area contributed by atoms with Gasteiger partial charge in [0.25, 0.3) is 0 Å². The monoisotopic (exact) mass is 337 g/mol. The molecule has 7 heteroatoms. The van der Waals surface area contributed by atoms with Gasteiger partial charge in [-0.3, -0.25) is 4.79 Å². The molecule has 120 valence electrons. The number of benzene rings is 1. The van der Waals surface area contributed by atoms with Crippen molar-refractivity contribution in [3.8, 4) is 0 Å². The van der Waals surface area contributed by atoms with Crippen LogP contribution in [0, 0.1) is 11.7 Å². The summed E-state index contributed by atoms with van der Waals surface area (Å²) in [5.41, 5.74) is 6.52. The Morgan fingerprint density at radius 1 is 1.19 bits per heavy atom. The molecule has 1 heterocycles. The van der Waals surface area contributed by atoms with Crippen LogP contribution >= 0.6 is 24.8 Å². The van der Waals surface area contributed by atoms with E-state index < -0.39 is 0 Å². The Hall–Kier alpha value is -1.04. The molecule has 0 spiro atoms. The number of nitrogens with zero attached hydrogens (tertiary/aromatic N) is 2. The van der Waals surface area contributed by atoms with Gasteiger partial charge in [-0.05, 0) is 24.3 Å². The minimum atomic E-state index is -0.227. The first kappa shape index (κ1) is 20.0. The normalized spacial score (nSPS) is 15.8. The first-order valence-electron chi connectivity index (χ1n) is 6.61. The summed E-state index contributed by atoms with van der Waals surface area (Å²) in [5.74, 6) is -0.215. The van der Waals surface area contributed by atoms with E-state index in [0.717, 1.165) is 18.8 Å². The van der Waals surface area contributed by atoms with E-state index in [0.29, 0.717) is 19.6 Å². The summed E-state index contributed by atoms with van der Waals surface area (Å²) in [4.78, 5) is 16.0. The maximum absolute atomic E-state index is 12.9. The number of anilines is 1. The van der Waals surface area contributed by atoms with Crippen molar-refractivity contribution in [3.63, 3.8) is 0 Å². The number of nitrogens with two attached hydrogens (primary N) is 1. The second kappa shape index (κ2) is 9.07. The molecule has 0 aromatic heterocycles. The lowest BCUT2D eigenvalue weighted by molar-refractivity contribution is -0.134. The Morgan fingerprint density at radius 2 is 1.71 bits per heavy atom. The van der Waals surface area contributed by atoms with E-state index >= 15 is 0 Å². The van der Waals surface area contributed by atoms with Crippen molar-refractivity contribution < 1.29 is 9.18 Å². The maximum atomic E-state index is 12.9. The molecule has 1 fully saturated rings. The summed E-state index contributed by atoms with van der Waals surface area (Å²) in [6.07, 6.45) is 0. The first-order chi connectivity index (χ1) is 9.11. The van der Waals surface area contributed by atoms with E-state index in [9.17, 15) is 9.18 Å². The second-order valence-electron chi connectivity index (χ2n) is 4.93. The lowest BCUT2D eigenvalue weighted by atomic mass is 10.1. The Labute approximate surface area is 137 Å². The molecule has 1 aromatic rings. The Morgan fingerprint density at radius 3 is 2.19 bits per heavy atom. The predicted molar refractivity (Wildman–Crippen MR) is 87.9 cm³/mol. The number of rotatable bonds is 3. The molecule has 0 radical (unpaired) electrons. The van der Waals surface area contributed by atoms with Crippen molar-refractivity contribution in [3.05, 3.63) is 30.1 Å². The summed E-state index contributed by atoms with van der Waals surface area (Å²) in [6, 6.07) is 6.47. The largest absolute Gasteiger partial charge is 0.368 e. The molecule has 4 nitrogen and oxygen atoms in total. The molecular formula is C14H22Cl2FN3O. The summed E-state index contributed by atoms with van der Waals surface area (Å²) in [5, 5.41) is 0. The van der Waals surface area contributed by atoms with Crippen molar-refractivity contribution in [1.82, 2.24) is 4.90 Å². The number of carbonyl (C=O) groups is 1. The molecule has 21 heavy (non-hydrogen) atoms. The van der Waals surface area contributed by atoms with E-state index in [2.05, 4.69) is 4.90 Å². The third-order valence-electron chi connectivity index (χ3n) is 3.56. The van der Waals surface area contributed by atoms with Crippen molar-refractivity contribution >= 4 is 36.4 Å². The minimum Gasteiger partial charge on any atom is -0.368 e. The van der Waals surface area contributed by atoms with E-state index in [4.69, 9.17) is 5.73 Å². The van der Waals surface area contributed by atoms with Gasteiger partial charge < -0.3 is 15.5 Å². The highest BCUT2D eigenvalue weighted by molar-refractivity contribution is 5.85. The molecule has 1 atom stereocenters. The second-order valence-corrected chi connectivity index (χ2v) is 4.93. The van der Waals surface area contributed by atoms with Gasteiger partial charge in [0.2, 0.25) is 5.91 Å². The van der Waals surface area contributed by atoms with Gasteiger partial charge in [0.1, 0.15) is 5.82 Å². The zero-order valence-corrected chi connectivity index (χ0v) is 13.6. The smallest absolute Gasteiger partial charge is 0.226 e. The molecule has 1 aliphatic rings. The van der Waals surface area contributed by atoms with Crippen LogP contribution in [0.25, 0.3) is 0 Å². The highest BCUT2D eigenvalue weighted by Gasteiger charge is 2.24. The van der Waals surface area contributed by atoms with Crippen LogP contribution in [-0.4, -0.2) is 43.5 Å². The van der Waals surface area contributed by atoms with Crippen LogP contribution in [-0.2, 0) is 4.79 Å². The number of halogens is 3. The topological polar surface area (TPSA) is 49.6 Å². The molecule has 0 aliphatic carbocycles. The number of amides is 1. The zero-order valence-electron chi connectivity index (χ0n) is 12.0. The highest BCUT2D eigenvalue weighted by Crippen LogP contribution is 2.17. The quantitative estimate of drug-likeness (QED) is 0.916. The number of carbonyl (C=O) groups excluding carboxylic acids is 1. The molecule has 0 saturated carbocycles. The van der Waals surface area contributed by atoms with Gasteiger partial charge >= 0.3 is 0 Å². The fourth-order valence-corrected chi connectivity index (χ4v) is 2.25. The third kappa shape index (κ3) is 5.02. The van der Waals surface area contributed by atoms with Crippen molar-refractivity contribution in [2.45, 2.75) is 6.92 Å². The molecule has 1 unspecified atom stereocenters. The lowest BCUT2D eigenvalue weighted by Gasteiger charge is -2.37. The van der Waals surface area contributed by atoms with Crippen LogP contribution in [0.2, 0.25) is 0 Å². The molecule has 2 N–H and O–H groups in total. The third-order valence-corrected chi connectivity index (χ3v) is 3.56. The summed E-state index contributed by atoms with van der Waals surface area (Å²) < 4.78 is 12.9. The van der Waals surface area contributed by atoms with Crippen molar-refractivity contribution in [1.29, 1.82) is 0 Å². The van der Waals surface area contributed by atoms with Gasteiger partial charge in [0.05, 0.1) is 0 Å². The Bertz CT molecular complexity index is 436. The van der Waals surface area contributed by atoms with Crippen LogP contribution in [0.1, 0.15) is 6.92 Å². The molecule has 1 aromatic carbocycles. The lowest BCUT2D eigenvalue weighted by Crippen LogP contribution is -2.50. The fourth-order valence-electron chi connectivity index (χ4n) is 2.25. The average Bonchev–Trinajstić information content (AvgIpc) is 2.46. The van der Waals surface area contributed by atoms with Crippen molar-refractivity contribution in [2.24, 2.45) is 11.7 Å². The van der Waals surface area contributed by atoms with Crippen LogP contribution in [0.5, 0.6) is 0 Å². The van der Waals surface area contributed by atoms with E-state index in [1.165, 1.54) is 12.1 Å². The summed E-state index contributed by atoms with van der Waals surface area (Å²) >= 11 is 0. The van der Waals surface area contributed by atoms with Crippen molar-refractivity contribution in [2.75, 3.05) is 37.6 Å². The average molecular weight is 338 g/mol.